The average molecular weight is 885 g/mol. The zero-order valence-corrected chi connectivity index (χ0v) is 39.2. The van der Waals surface area contributed by atoms with Crippen molar-refractivity contribution in [2.75, 3.05) is 35.1 Å². The molecule has 17 nitrogen and oxygen atoms in total. The topological polar surface area (TPSA) is 217 Å². The number of esters is 1. The number of carbonyl (C=O) groups excluding carboxylic acids is 1. The molecule has 1 aromatic carbocycles. The van der Waals surface area contributed by atoms with Crippen LogP contribution in [0, 0.1) is 23.7 Å². The molecule has 0 amide bonds. The molecule has 3 saturated heterocycles. The lowest BCUT2D eigenvalue weighted by atomic mass is 9.73. The Bertz CT molecular complexity index is 1590. The maximum Gasteiger partial charge on any atom is 0.311 e. The van der Waals surface area contributed by atoms with Gasteiger partial charge in [0.1, 0.15) is 35.4 Å². The Kier molecular flexibility index (Phi) is 18.0. The number of nitrogens with zero attached hydrogens (tertiary/aromatic N) is 2. The standard InChI is InChI=1S/C45H76N2O15/c1-15-33-45(10,53)38(49)26(4)35(46-57-23-56-31-18-16-30(54-13)17-19-31)24(2)21-43(8,52)40(62-42-36(48)32(47(11)12)20-25(3)58-42)27(5)37(28(6)41(51)60-33)61-34-22-44(9,55-14)39(50)29(7)59-34/h16-19,24-29,32-34,36-40,42,48-50,52-53H,15,20-23H2,1-14H3/b46-35+/t24-,25-,26+,27+,28-,29-,32+,33-,34+,36+,37?,38-,39+,40?,42+,43-,44+,45-/m1/s1. The second kappa shape index (κ2) is 21.5. The molecule has 0 radical (unpaired) electrons. The van der Waals surface area contributed by atoms with E-state index in [2.05, 4.69) is 5.16 Å². The first-order valence-electron chi connectivity index (χ1n) is 21.9. The Morgan fingerprint density at radius 1 is 0.871 bits per heavy atom. The SMILES string of the molecule is CC[C@H]1OC(=O)[C@H](C)C(O[C@H]2C[C@](C)(OC)[C@@H](O)[C@@H](C)O2)[C@H](C)C(O[C@@H]2O[C@H](C)C[C@H](N(C)C)[C@@H]2O)[C@](C)(O)C[C@@H](C)/C(=N\OCOc2ccc(OC)cc2)[C@H](C)[C@@H](O)[C@]1(C)O. The fourth-order valence-corrected chi connectivity index (χ4v) is 9.46. The first-order valence-corrected chi connectivity index (χ1v) is 21.9. The Labute approximate surface area is 367 Å². The molecule has 5 N–H and O–H groups in total. The fraction of sp³-hybridized carbons (Fsp3) is 0.822. The van der Waals surface area contributed by atoms with E-state index in [-0.39, 0.29) is 43.9 Å². The Balaban J connectivity index is 1.83. The molecule has 0 spiro atoms. The molecule has 0 saturated carbocycles. The summed E-state index contributed by atoms with van der Waals surface area (Å²) in [6.07, 6.45) is -9.67. The van der Waals surface area contributed by atoms with Crippen LogP contribution in [-0.4, -0.2) is 161 Å². The van der Waals surface area contributed by atoms with Crippen LogP contribution in [0.15, 0.2) is 29.4 Å². The fourth-order valence-electron chi connectivity index (χ4n) is 9.46. The summed E-state index contributed by atoms with van der Waals surface area (Å²) in [7, 11) is 6.77. The zero-order valence-electron chi connectivity index (χ0n) is 39.2. The van der Waals surface area contributed by atoms with Crippen LogP contribution in [0.1, 0.15) is 94.9 Å². The van der Waals surface area contributed by atoms with E-state index in [1.165, 1.54) is 14.0 Å². The van der Waals surface area contributed by atoms with Crippen molar-refractivity contribution >= 4 is 11.7 Å². The van der Waals surface area contributed by atoms with Crippen LogP contribution in [0.4, 0.5) is 0 Å². The highest BCUT2D eigenvalue weighted by molar-refractivity contribution is 5.88. The lowest BCUT2D eigenvalue weighted by molar-refractivity contribution is -0.317. The predicted octanol–water partition coefficient (Wildman–Crippen LogP) is 3.63. The third-order valence-electron chi connectivity index (χ3n) is 13.4. The highest BCUT2D eigenvalue weighted by atomic mass is 16.7. The van der Waals surface area contributed by atoms with Gasteiger partial charge in [-0.3, -0.25) is 4.79 Å². The van der Waals surface area contributed by atoms with E-state index in [0.29, 0.717) is 17.9 Å². The van der Waals surface area contributed by atoms with Crippen molar-refractivity contribution in [1.82, 2.24) is 4.90 Å². The third kappa shape index (κ3) is 12.0. The summed E-state index contributed by atoms with van der Waals surface area (Å²) in [5, 5.41) is 64.0. The Morgan fingerprint density at radius 2 is 1.50 bits per heavy atom. The third-order valence-corrected chi connectivity index (χ3v) is 13.4. The van der Waals surface area contributed by atoms with Crippen LogP contribution in [0.3, 0.4) is 0 Å². The van der Waals surface area contributed by atoms with Crippen molar-refractivity contribution < 1.29 is 73.1 Å². The first kappa shape index (κ1) is 51.9. The number of rotatable bonds is 12. The summed E-state index contributed by atoms with van der Waals surface area (Å²) in [4.78, 5) is 22.0. The summed E-state index contributed by atoms with van der Waals surface area (Å²) in [6, 6.07) is 6.55. The van der Waals surface area contributed by atoms with Crippen molar-refractivity contribution in [1.29, 1.82) is 0 Å². The second-order valence-corrected chi connectivity index (χ2v) is 18.7. The van der Waals surface area contributed by atoms with Gasteiger partial charge in [-0.05, 0) is 99.2 Å². The van der Waals surface area contributed by atoms with Gasteiger partial charge in [-0.15, -0.1) is 0 Å². The number of methoxy groups -OCH3 is 2. The maximum absolute atomic E-state index is 14.4. The largest absolute Gasteiger partial charge is 0.497 e. The van der Waals surface area contributed by atoms with Gasteiger partial charge in [-0.2, -0.15) is 0 Å². The molecule has 17 heteroatoms. The summed E-state index contributed by atoms with van der Waals surface area (Å²) in [5.41, 5.74) is -4.57. The van der Waals surface area contributed by atoms with Crippen molar-refractivity contribution in [2.24, 2.45) is 28.8 Å². The summed E-state index contributed by atoms with van der Waals surface area (Å²) >= 11 is 0. The van der Waals surface area contributed by atoms with E-state index in [4.69, 9.17) is 42.7 Å². The van der Waals surface area contributed by atoms with Gasteiger partial charge < -0.3 is 73.2 Å². The molecule has 4 rings (SSSR count). The number of ether oxygens (including phenoxy) is 8. The van der Waals surface area contributed by atoms with Gasteiger partial charge in [0.05, 0.1) is 60.5 Å². The van der Waals surface area contributed by atoms with Crippen LogP contribution >= 0.6 is 0 Å². The number of benzene rings is 1. The molecule has 3 aliphatic rings. The monoisotopic (exact) mass is 885 g/mol. The van der Waals surface area contributed by atoms with Crippen LogP contribution in [0.25, 0.3) is 0 Å². The van der Waals surface area contributed by atoms with E-state index < -0.39 is 102 Å². The van der Waals surface area contributed by atoms with E-state index in [1.54, 1.807) is 79.8 Å². The van der Waals surface area contributed by atoms with Crippen LogP contribution in [0.5, 0.6) is 11.5 Å². The highest BCUT2D eigenvalue weighted by Gasteiger charge is 2.53. The molecule has 18 atom stereocenters. The Hall–Kier alpha value is -2.68. The molecule has 0 aliphatic carbocycles. The number of carbonyl (C=O) groups is 1. The molecule has 3 heterocycles. The maximum atomic E-state index is 14.4. The van der Waals surface area contributed by atoms with Crippen LogP contribution in [0.2, 0.25) is 0 Å². The van der Waals surface area contributed by atoms with Crippen molar-refractivity contribution in [2.45, 2.75) is 179 Å². The van der Waals surface area contributed by atoms with Gasteiger partial charge in [0.25, 0.3) is 6.79 Å². The molecule has 1 aromatic rings. The normalized spacial score (nSPS) is 43.5. The van der Waals surface area contributed by atoms with Crippen LogP contribution < -0.4 is 9.47 Å². The number of hydrogen-bond donors (Lipinski definition) is 5. The van der Waals surface area contributed by atoms with Gasteiger partial charge in [0.15, 0.2) is 12.6 Å². The van der Waals surface area contributed by atoms with E-state index >= 15 is 0 Å². The molecule has 3 aliphatic heterocycles. The first-order chi connectivity index (χ1) is 28.9. The summed E-state index contributed by atoms with van der Waals surface area (Å²) < 4.78 is 48.8. The van der Waals surface area contributed by atoms with Crippen LogP contribution in [-0.2, 0) is 38.1 Å². The summed E-state index contributed by atoms with van der Waals surface area (Å²) in [6.45, 7) is 16.6. The minimum Gasteiger partial charge on any atom is -0.497 e. The Morgan fingerprint density at radius 3 is 2.08 bits per heavy atom. The van der Waals surface area contributed by atoms with Crippen molar-refractivity contribution in [3.8, 4) is 11.5 Å². The number of aliphatic hydroxyl groups is 5. The molecule has 0 aromatic heterocycles. The molecular formula is C45H76N2O15. The molecule has 356 valence electrons. The van der Waals surface area contributed by atoms with Crippen molar-refractivity contribution in [3.05, 3.63) is 24.3 Å². The highest BCUT2D eigenvalue weighted by Crippen LogP contribution is 2.41. The number of likely N-dealkylation sites (N-methyl/N-ethyl adjacent to an activating group) is 1. The average Bonchev–Trinajstić information content (AvgIpc) is 3.22. The number of cyclic esters (lactones) is 1. The zero-order chi connectivity index (χ0) is 46.5. The molecule has 0 bridgehead atoms. The second-order valence-electron chi connectivity index (χ2n) is 18.7. The number of hydrogen-bond acceptors (Lipinski definition) is 17. The van der Waals surface area contributed by atoms with E-state index in [0.717, 1.165) is 0 Å². The molecular weight excluding hydrogens is 808 g/mol. The minimum atomic E-state index is -1.99. The van der Waals surface area contributed by atoms with E-state index in [1.807, 2.05) is 32.8 Å². The molecule has 62 heavy (non-hydrogen) atoms. The number of oxime groups is 1. The van der Waals surface area contributed by atoms with Gasteiger partial charge in [0.2, 0.25) is 0 Å². The quantitative estimate of drug-likeness (QED) is 0.0877. The number of aliphatic hydroxyl groups excluding tert-OH is 3. The molecule has 2 unspecified atom stereocenters. The minimum absolute atomic E-state index is 0.0497. The molecule has 3 fully saturated rings. The van der Waals surface area contributed by atoms with E-state index in [9.17, 15) is 30.3 Å². The van der Waals surface area contributed by atoms with Crippen molar-refractivity contribution in [3.63, 3.8) is 0 Å². The lowest BCUT2D eigenvalue weighted by Gasteiger charge is -2.49. The summed E-state index contributed by atoms with van der Waals surface area (Å²) in [5.74, 6) is -3.09. The van der Waals surface area contributed by atoms with Gasteiger partial charge in [0, 0.05) is 37.3 Å². The smallest absolute Gasteiger partial charge is 0.311 e. The van der Waals surface area contributed by atoms with Gasteiger partial charge >= 0.3 is 5.97 Å². The van der Waals surface area contributed by atoms with Gasteiger partial charge in [-0.25, -0.2) is 0 Å². The predicted molar refractivity (Wildman–Crippen MR) is 228 cm³/mol. The van der Waals surface area contributed by atoms with Gasteiger partial charge in [-0.1, -0.05) is 32.9 Å². The lowest BCUT2D eigenvalue weighted by Crippen LogP contribution is -2.61.